The number of rotatable bonds is 7. The van der Waals surface area contributed by atoms with Crippen LogP contribution in [0, 0.1) is 3.57 Å². The van der Waals surface area contributed by atoms with Gasteiger partial charge in [-0.3, -0.25) is 0 Å². The fourth-order valence-corrected chi connectivity index (χ4v) is 2.24. The smallest absolute Gasteiger partial charge is 0.330 e. The first kappa shape index (κ1) is 17.3. The number of alkyl halides is 4. The molecule has 4 nitrogen and oxygen atoms in total. The summed E-state index contributed by atoms with van der Waals surface area (Å²) in [5.41, 5.74) is 0.740. The van der Waals surface area contributed by atoms with Gasteiger partial charge in [0.15, 0.2) is 5.82 Å². The number of hydrogen-bond acceptors (Lipinski definition) is 4. The summed E-state index contributed by atoms with van der Waals surface area (Å²) in [6.07, 6.45) is -3.12. The van der Waals surface area contributed by atoms with E-state index in [9.17, 15) is 17.6 Å². The molecule has 1 aromatic heterocycles. The molecule has 0 aliphatic heterocycles. The Morgan fingerprint density at radius 2 is 2.00 bits per heavy atom. The third-order valence-corrected chi connectivity index (χ3v) is 3.52. The number of ether oxygens (including phenoxy) is 1. The van der Waals surface area contributed by atoms with E-state index in [4.69, 9.17) is 0 Å². The molecule has 1 rings (SSSR count). The summed E-state index contributed by atoms with van der Waals surface area (Å²) >= 11 is 2.07. The first-order valence-corrected chi connectivity index (χ1v) is 6.86. The van der Waals surface area contributed by atoms with E-state index >= 15 is 0 Å². The van der Waals surface area contributed by atoms with Crippen LogP contribution >= 0.6 is 22.6 Å². The van der Waals surface area contributed by atoms with Crippen LogP contribution in [-0.2, 0) is 17.8 Å². The topological polar surface area (TPSA) is 47.0 Å². The monoisotopic (exact) mass is 407 g/mol. The summed E-state index contributed by atoms with van der Waals surface area (Å²) in [5.74, 6) is -3.43. The van der Waals surface area contributed by atoms with E-state index in [1.807, 2.05) is 6.92 Å². The molecule has 0 unspecified atom stereocenters. The average molecular weight is 407 g/mol. The Balaban J connectivity index is 2.74. The molecule has 0 atom stereocenters. The normalized spacial score (nSPS) is 12.0. The summed E-state index contributed by atoms with van der Waals surface area (Å²) in [7, 11) is 1.67. The van der Waals surface area contributed by atoms with Crippen molar-refractivity contribution in [1.82, 2.24) is 9.97 Å². The van der Waals surface area contributed by atoms with Gasteiger partial charge in [0.25, 0.3) is 0 Å². The molecule has 0 bridgehead atoms. The van der Waals surface area contributed by atoms with Gasteiger partial charge in [-0.05, 0) is 29.0 Å². The van der Waals surface area contributed by atoms with Crippen molar-refractivity contribution in [2.75, 3.05) is 19.0 Å². The predicted octanol–water partition coefficient (Wildman–Crippen LogP) is 3.10. The summed E-state index contributed by atoms with van der Waals surface area (Å²) in [4.78, 5) is 8.22. The Bertz CT molecular complexity index is 434. The van der Waals surface area contributed by atoms with Crippen LogP contribution in [0.25, 0.3) is 0 Å². The summed E-state index contributed by atoms with van der Waals surface area (Å²) < 4.78 is 54.7. The quantitative estimate of drug-likeness (QED) is 0.558. The van der Waals surface area contributed by atoms with Gasteiger partial charge in [-0.1, -0.05) is 6.92 Å². The molecule has 1 aromatic rings. The van der Waals surface area contributed by atoms with Crippen molar-refractivity contribution in [2.45, 2.75) is 32.3 Å². The summed E-state index contributed by atoms with van der Waals surface area (Å²) in [5, 5.41) is 2.85. The molecule has 0 amide bonds. The maximum absolute atomic E-state index is 12.7. The highest BCUT2D eigenvalue weighted by Crippen LogP contribution is 2.24. The number of hydrogen-bond donors (Lipinski definition) is 1. The van der Waals surface area contributed by atoms with E-state index in [2.05, 4.69) is 42.6 Å². The van der Waals surface area contributed by atoms with E-state index in [0.717, 1.165) is 9.26 Å². The first-order chi connectivity index (χ1) is 9.31. The fourth-order valence-electron chi connectivity index (χ4n) is 1.35. The molecule has 0 radical (unpaired) electrons. The van der Waals surface area contributed by atoms with E-state index in [1.54, 1.807) is 7.05 Å². The summed E-state index contributed by atoms with van der Waals surface area (Å²) in [6.45, 7) is 0.177. The number of nitrogens with one attached hydrogen (secondary N) is 1. The van der Waals surface area contributed by atoms with Crippen LogP contribution in [0.15, 0.2) is 0 Å². The van der Waals surface area contributed by atoms with Gasteiger partial charge in [0.1, 0.15) is 19.0 Å². The van der Waals surface area contributed by atoms with Crippen LogP contribution in [0.2, 0.25) is 0 Å². The Kier molecular flexibility index (Phi) is 6.37. The lowest BCUT2D eigenvalue weighted by Gasteiger charge is -2.15. The highest BCUT2D eigenvalue weighted by atomic mass is 127. The molecule has 0 aliphatic carbocycles. The van der Waals surface area contributed by atoms with Crippen LogP contribution in [0.4, 0.5) is 23.4 Å². The van der Waals surface area contributed by atoms with Crippen molar-refractivity contribution in [3.63, 3.8) is 0 Å². The van der Waals surface area contributed by atoms with Crippen LogP contribution in [-0.4, -0.2) is 36.0 Å². The molecule has 0 aliphatic rings. The molecular weight excluding hydrogens is 393 g/mol. The second-order valence-electron chi connectivity index (χ2n) is 3.91. The molecule has 0 saturated heterocycles. The number of halogens is 5. The largest absolute Gasteiger partial charge is 0.372 e. The average Bonchev–Trinajstić information content (AvgIpc) is 2.39. The van der Waals surface area contributed by atoms with Gasteiger partial charge in [0.2, 0.25) is 0 Å². The predicted molar refractivity (Wildman–Crippen MR) is 74.3 cm³/mol. The minimum atomic E-state index is -4.16. The lowest BCUT2D eigenvalue weighted by atomic mass is 10.3. The third-order valence-electron chi connectivity index (χ3n) is 2.38. The Morgan fingerprint density at radius 3 is 2.50 bits per heavy atom. The molecule has 9 heteroatoms. The Morgan fingerprint density at radius 1 is 1.35 bits per heavy atom. The lowest BCUT2D eigenvalue weighted by molar-refractivity contribution is -0.168. The first-order valence-electron chi connectivity index (χ1n) is 5.78. The van der Waals surface area contributed by atoms with Gasteiger partial charge in [0, 0.05) is 7.05 Å². The molecule has 0 fully saturated rings. The van der Waals surface area contributed by atoms with Crippen LogP contribution < -0.4 is 5.32 Å². The van der Waals surface area contributed by atoms with Gasteiger partial charge in [0.05, 0.1) is 9.26 Å². The van der Waals surface area contributed by atoms with Crippen molar-refractivity contribution in [3.05, 3.63) is 15.1 Å². The third kappa shape index (κ3) is 4.40. The van der Waals surface area contributed by atoms with E-state index < -0.39 is 19.0 Å². The fraction of sp³-hybridized carbons (Fsp3) is 0.636. The zero-order valence-corrected chi connectivity index (χ0v) is 13.0. The van der Waals surface area contributed by atoms with Crippen molar-refractivity contribution in [1.29, 1.82) is 0 Å². The standard InChI is InChI=1S/C11H14F4IN3O/c1-3-6-8(16)9(17-2)19-7(18-6)4-20-5-11(14,15)10(12)13/h10H,3-5H2,1-2H3,(H,17,18,19). The van der Waals surface area contributed by atoms with Crippen molar-refractivity contribution >= 4 is 28.4 Å². The number of anilines is 1. The highest BCUT2D eigenvalue weighted by Gasteiger charge is 2.41. The lowest BCUT2D eigenvalue weighted by Crippen LogP contribution is -2.32. The van der Waals surface area contributed by atoms with Crippen LogP contribution in [0.5, 0.6) is 0 Å². The molecular formula is C11H14F4IN3O. The SMILES string of the molecule is CCc1nc(COCC(F)(F)C(F)F)nc(NC)c1I. The van der Waals surface area contributed by atoms with Gasteiger partial charge >= 0.3 is 12.3 Å². The Labute approximate surface area is 127 Å². The molecule has 1 N–H and O–H groups in total. The van der Waals surface area contributed by atoms with E-state index in [1.165, 1.54) is 0 Å². The number of aromatic nitrogens is 2. The molecule has 0 saturated carbocycles. The van der Waals surface area contributed by atoms with Gasteiger partial charge in [-0.25, -0.2) is 18.7 Å². The highest BCUT2D eigenvalue weighted by molar-refractivity contribution is 14.1. The van der Waals surface area contributed by atoms with Gasteiger partial charge < -0.3 is 10.1 Å². The second-order valence-corrected chi connectivity index (χ2v) is 4.99. The molecule has 0 aromatic carbocycles. The maximum Gasteiger partial charge on any atom is 0.330 e. The van der Waals surface area contributed by atoms with Crippen LogP contribution in [0.1, 0.15) is 18.4 Å². The molecule has 1 heterocycles. The van der Waals surface area contributed by atoms with Gasteiger partial charge in [-0.2, -0.15) is 8.78 Å². The number of nitrogens with zero attached hydrogens (tertiary/aromatic N) is 2. The second kappa shape index (κ2) is 7.34. The number of aryl methyl sites for hydroxylation is 1. The zero-order chi connectivity index (χ0) is 15.3. The van der Waals surface area contributed by atoms with E-state index in [0.29, 0.717) is 12.2 Å². The van der Waals surface area contributed by atoms with Crippen molar-refractivity contribution in [2.24, 2.45) is 0 Å². The molecule has 114 valence electrons. The maximum atomic E-state index is 12.7. The molecule has 0 spiro atoms. The van der Waals surface area contributed by atoms with E-state index in [-0.39, 0.29) is 12.4 Å². The zero-order valence-electron chi connectivity index (χ0n) is 10.9. The Hall–Kier alpha value is -0.710. The molecule has 20 heavy (non-hydrogen) atoms. The van der Waals surface area contributed by atoms with Crippen molar-refractivity contribution < 1.29 is 22.3 Å². The van der Waals surface area contributed by atoms with Crippen LogP contribution in [0.3, 0.4) is 0 Å². The minimum Gasteiger partial charge on any atom is -0.372 e. The summed E-state index contributed by atoms with van der Waals surface area (Å²) in [6, 6.07) is 0. The van der Waals surface area contributed by atoms with Gasteiger partial charge in [-0.15, -0.1) is 0 Å². The minimum absolute atomic E-state index is 0.177. The van der Waals surface area contributed by atoms with Crippen molar-refractivity contribution in [3.8, 4) is 0 Å².